The van der Waals surface area contributed by atoms with Crippen molar-refractivity contribution >= 4 is 28.6 Å². The summed E-state index contributed by atoms with van der Waals surface area (Å²) in [6.45, 7) is 0. The van der Waals surface area contributed by atoms with Crippen LogP contribution in [0.5, 0.6) is 0 Å². The van der Waals surface area contributed by atoms with Gasteiger partial charge >= 0.3 is 0 Å². The number of rotatable bonds is 5. The van der Waals surface area contributed by atoms with Crippen molar-refractivity contribution in [1.82, 2.24) is 14.9 Å². The fourth-order valence-corrected chi connectivity index (χ4v) is 5.78. The van der Waals surface area contributed by atoms with Crippen molar-refractivity contribution in [2.45, 2.75) is 87.4 Å². The molecule has 2 aliphatic rings. The molecule has 0 spiro atoms. The summed E-state index contributed by atoms with van der Waals surface area (Å²) in [6.07, 6.45) is 10.9. The smallest absolute Gasteiger partial charge is 0.262 e. The summed E-state index contributed by atoms with van der Waals surface area (Å²) in [5.41, 5.74) is -0.106. The molecular formula is C24H30N4O2S. The van der Waals surface area contributed by atoms with Gasteiger partial charge in [0.1, 0.15) is 5.54 Å². The molecule has 0 unspecified atom stereocenters. The van der Waals surface area contributed by atoms with Gasteiger partial charge in [0.15, 0.2) is 5.16 Å². The van der Waals surface area contributed by atoms with E-state index in [1.54, 1.807) is 0 Å². The zero-order valence-electron chi connectivity index (χ0n) is 17.9. The number of fused-ring (bicyclic) bond motifs is 1. The van der Waals surface area contributed by atoms with E-state index in [-0.39, 0.29) is 23.3 Å². The largest absolute Gasteiger partial charge is 0.337 e. The minimum atomic E-state index is -0.756. The Kier molecular flexibility index (Phi) is 6.96. The predicted molar refractivity (Wildman–Crippen MR) is 123 cm³/mol. The van der Waals surface area contributed by atoms with Crippen molar-refractivity contribution in [3.05, 3.63) is 34.6 Å². The molecule has 0 aliphatic heterocycles. The molecule has 0 atom stereocenters. The number of para-hydroxylation sites is 1. The van der Waals surface area contributed by atoms with Crippen LogP contribution >= 0.6 is 11.8 Å². The van der Waals surface area contributed by atoms with E-state index in [1.807, 2.05) is 28.8 Å². The van der Waals surface area contributed by atoms with Crippen LogP contribution < -0.4 is 10.9 Å². The number of amides is 1. The molecule has 2 aromatic rings. The van der Waals surface area contributed by atoms with Gasteiger partial charge in [-0.3, -0.25) is 14.2 Å². The quantitative estimate of drug-likeness (QED) is 0.414. The van der Waals surface area contributed by atoms with Crippen LogP contribution in [0, 0.1) is 11.3 Å². The lowest BCUT2D eigenvalue weighted by atomic mass is 9.92. The number of hydrogen-bond donors (Lipinski definition) is 1. The zero-order chi connectivity index (χ0) is 21.7. The van der Waals surface area contributed by atoms with E-state index >= 15 is 0 Å². The van der Waals surface area contributed by atoms with E-state index < -0.39 is 5.54 Å². The molecule has 6 nitrogen and oxygen atoms in total. The van der Waals surface area contributed by atoms with Gasteiger partial charge in [-0.1, -0.05) is 68.8 Å². The molecule has 31 heavy (non-hydrogen) atoms. The van der Waals surface area contributed by atoms with Gasteiger partial charge in [-0.2, -0.15) is 5.26 Å². The highest BCUT2D eigenvalue weighted by molar-refractivity contribution is 7.99. The molecule has 4 rings (SSSR count). The Balaban J connectivity index is 1.56. The summed E-state index contributed by atoms with van der Waals surface area (Å²) in [6, 6.07) is 9.93. The van der Waals surface area contributed by atoms with Crippen molar-refractivity contribution < 1.29 is 4.79 Å². The number of benzene rings is 1. The highest BCUT2D eigenvalue weighted by Gasteiger charge is 2.32. The number of hydrogen-bond acceptors (Lipinski definition) is 5. The van der Waals surface area contributed by atoms with E-state index in [0.717, 1.165) is 51.4 Å². The molecule has 1 aromatic heterocycles. The van der Waals surface area contributed by atoms with Crippen molar-refractivity contribution in [2.75, 3.05) is 5.75 Å². The monoisotopic (exact) mass is 438 g/mol. The number of nitrogens with zero attached hydrogens (tertiary/aromatic N) is 3. The molecule has 1 amide bonds. The second kappa shape index (κ2) is 9.86. The average molecular weight is 439 g/mol. The predicted octanol–water partition coefficient (Wildman–Crippen LogP) is 4.73. The second-order valence-electron chi connectivity index (χ2n) is 8.82. The van der Waals surface area contributed by atoms with E-state index in [4.69, 9.17) is 4.98 Å². The Labute approximate surface area is 187 Å². The van der Waals surface area contributed by atoms with Gasteiger partial charge in [0, 0.05) is 6.04 Å². The lowest BCUT2D eigenvalue weighted by Gasteiger charge is -2.27. The Bertz CT molecular complexity index is 1030. The highest BCUT2D eigenvalue weighted by atomic mass is 32.2. The molecule has 1 N–H and O–H groups in total. The van der Waals surface area contributed by atoms with Crippen LogP contribution in [0.3, 0.4) is 0 Å². The first-order valence-corrected chi connectivity index (χ1v) is 12.5. The van der Waals surface area contributed by atoms with Crippen LogP contribution in [0.25, 0.3) is 10.9 Å². The normalized spacial score (nSPS) is 19.5. The molecule has 0 bridgehead atoms. The first-order chi connectivity index (χ1) is 15.1. The van der Waals surface area contributed by atoms with Gasteiger partial charge in [0.05, 0.1) is 22.7 Å². The van der Waals surface area contributed by atoms with Gasteiger partial charge in [-0.15, -0.1) is 0 Å². The first-order valence-electron chi connectivity index (χ1n) is 11.5. The SMILES string of the molecule is N#CC1(NC(=O)CSc2nc3ccccc3c(=O)n2C2CCCCC2)CCCCCC1. The van der Waals surface area contributed by atoms with Crippen LogP contribution in [-0.2, 0) is 4.79 Å². The zero-order valence-corrected chi connectivity index (χ0v) is 18.8. The van der Waals surface area contributed by atoms with Gasteiger partial charge in [0.2, 0.25) is 5.91 Å². The number of nitrogens with one attached hydrogen (secondary N) is 1. The minimum Gasteiger partial charge on any atom is -0.337 e. The number of carbonyl (C=O) groups excluding carboxylic acids is 1. The van der Waals surface area contributed by atoms with Gasteiger partial charge in [-0.25, -0.2) is 4.98 Å². The summed E-state index contributed by atoms with van der Waals surface area (Å²) in [7, 11) is 0. The minimum absolute atomic E-state index is 0.0160. The van der Waals surface area contributed by atoms with E-state index in [2.05, 4.69) is 11.4 Å². The standard InChI is InChI=1S/C24H30N4O2S/c25-17-24(14-8-1-2-9-15-24)27-21(29)16-31-23-26-20-13-7-6-12-19(20)22(30)28(23)18-10-4-3-5-11-18/h6-7,12-13,18H,1-5,8-11,14-16H2,(H,27,29). The summed E-state index contributed by atoms with van der Waals surface area (Å²) in [5, 5.41) is 14.0. The van der Waals surface area contributed by atoms with Crippen LogP contribution in [-0.4, -0.2) is 26.8 Å². The van der Waals surface area contributed by atoms with E-state index in [9.17, 15) is 14.9 Å². The summed E-state index contributed by atoms with van der Waals surface area (Å²) in [4.78, 5) is 30.9. The molecule has 1 aromatic carbocycles. The maximum Gasteiger partial charge on any atom is 0.262 e. The van der Waals surface area contributed by atoms with E-state index in [0.29, 0.717) is 28.9 Å². The average Bonchev–Trinajstić information content (AvgIpc) is 3.04. The molecular weight excluding hydrogens is 408 g/mol. The molecule has 2 fully saturated rings. The summed E-state index contributed by atoms with van der Waals surface area (Å²) >= 11 is 1.31. The number of carbonyl (C=O) groups is 1. The molecule has 1 heterocycles. The lowest BCUT2D eigenvalue weighted by Crippen LogP contribution is -2.47. The van der Waals surface area contributed by atoms with Crippen LogP contribution in [0.15, 0.2) is 34.2 Å². The fraction of sp³-hybridized carbons (Fsp3) is 0.583. The summed E-state index contributed by atoms with van der Waals surface area (Å²) < 4.78 is 1.82. The number of thioether (sulfide) groups is 1. The lowest BCUT2D eigenvalue weighted by molar-refractivity contribution is -0.120. The van der Waals surface area contributed by atoms with Crippen molar-refractivity contribution in [2.24, 2.45) is 0 Å². The molecule has 0 radical (unpaired) electrons. The number of aromatic nitrogens is 2. The molecule has 164 valence electrons. The van der Waals surface area contributed by atoms with Gasteiger partial charge in [-0.05, 0) is 37.8 Å². The van der Waals surface area contributed by atoms with Crippen LogP contribution in [0.4, 0.5) is 0 Å². The Morgan fingerprint density at radius 2 is 1.81 bits per heavy atom. The van der Waals surface area contributed by atoms with Crippen molar-refractivity contribution in [3.8, 4) is 6.07 Å². The molecule has 2 aliphatic carbocycles. The van der Waals surface area contributed by atoms with Gasteiger partial charge < -0.3 is 5.32 Å². The van der Waals surface area contributed by atoms with Crippen LogP contribution in [0.2, 0.25) is 0 Å². The summed E-state index contributed by atoms with van der Waals surface area (Å²) in [5.74, 6) is -0.00736. The molecule has 0 saturated heterocycles. The Morgan fingerprint density at radius 3 is 2.52 bits per heavy atom. The van der Waals surface area contributed by atoms with Gasteiger partial charge in [0.25, 0.3) is 5.56 Å². The number of nitriles is 1. The van der Waals surface area contributed by atoms with Crippen LogP contribution in [0.1, 0.15) is 76.7 Å². The first kappa shape index (κ1) is 21.9. The molecule has 7 heteroatoms. The molecule has 2 saturated carbocycles. The third-order valence-electron chi connectivity index (χ3n) is 6.60. The Hall–Kier alpha value is -2.33. The third-order valence-corrected chi connectivity index (χ3v) is 7.55. The van der Waals surface area contributed by atoms with Crippen molar-refractivity contribution in [1.29, 1.82) is 5.26 Å². The maximum atomic E-state index is 13.3. The topological polar surface area (TPSA) is 87.8 Å². The third kappa shape index (κ3) is 4.95. The fourth-order valence-electron chi connectivity index (χ4n) is 4.92. The maximum absolute atomic E-state index is 13.3. The Morgan fingerprint density at radius 1 is 1.13 bits per heavy atom. The highest BCUT2D eigenvalue weighted by Crippen LogP contribution is 2.31. The van der Waals surface area contributed by atoms with Crippen molar-refractivity contribution in [3.63, 3.8) is 0 Å². The second-order valence-corrected chi connectivity index (χ2v) is 9.77. The van der Waals surface area contributed by atoms with E-state index in [1.165, 1.54) is 18.2 Å².